The highest BCUT2D eigenvalue weighted by atomic mass is 16.5. The highest BCUT2D eigenvalue weighted by Crippen LogP contribution is 2.34. The number of unbranched alkanes of at least 4 members (excludes halogenated alkanes) is 1. The predicted octanol–water partition coefficient (Wildman–Crippen LogP) is 2.65. The van der Waals surface area contributed by atoms with Crippen LogP contribution in [0, 0.1) is 5.92 Å². The molecule has 2 N–H and O–H groups in total. The van der Waals surface area contributed by atoms with Crippen molar-refractivity contribution in [2.45, 2.75) is 46.0 Å². The molecule has 0 amide bonds. The number of aromatic nitrogens is 2. The number of hydrogen-bond donors (Lipinski definition) is 1. The molecule has 1 aliphatic rings. The van der Waals surface area contributed by atoms with Crippen molar-refractivity contribution >= 4 is 11.8 Å². The van der Waals surface area contributed by atoms with E-state index in [4.69, 9.17) is 10.5 Å². The Morgan fingerprint density at radius 1 is 1.35 bits per heavy atom. The summed E-state index contributed by atoms with van der Waals surface area (Å²) >= 11 is 0. The van der Waals surface area contributed by atoms with E-state index in [2.05, 4.69) is 28.7 Å². The minimum Gasteiger partial charge on any atom is -0.491 e. The fourth-order valence-corrected chi connectivity index (χ4v) is 2.80. The SMILES string of the molecule is CCCCc1nc(N)nc(N2CC[C@@H](CC)C2)c1OC. The van der Waals surface area contributed by atoms with Gasteiger partial charge in [-0.15, -0.1) is 0 Å². The number of rotatable bonds is 6. The molecule has 0 unspecified atom stereocenters. The molecule has 1 fully saturated rings. The van der Waals surface area contributed by atoms with E-state index in [9.17, 15) is 0 Å². The molecular formula is C15H26N4O. The maximum absolute atomic E-state index is 5.89. The zero-order valence-corrected chi connectivity index (χ0v) is 12.9. The normalized spacial score (nSPS) is 18.6. The van der Waals surface area contributed by atoms with Gasteiger partial charge >= 0.3 is 0 Å². The molecule has 1 aromatic heterocycles. The average Bonchev–Trinajstić information content (AvgIpc) is 2.93. The molecule has 112 valence electrons. The Kier molecular flexibility index (Phi) is 5.04. The molecular weight excluding hydrogens is 252 g/mol. The highest BCUT2D eigenvalue weighted by molar-refractivity contribution is 5.57. The van der Waals surface area contributed by atoms with Crippen LogP contribution in [0.4, 0.5) is 11.8 Å². The number of ether oxygens (including phenoxy) is 1. The Bertz CT molecular complexity index is 450. The average molecular weight is 278 g/mol. The highest BCUT2D eigenvalue weighted by Gasteiger charge is 2.26. The van der Waals surface area contributed by atoms with E-state index < -0.39 is 0 Å². The topological polar surface area (TPSA) is 64.3 Å². The zero-order valence-electron chi connectivity index (χ0n) is 12.9. The van der Waals surface area contributed by atoms with Gasteiger partial charge < -0.3 is 15.4 Å². The van der Waals surface area contributed by atoms with E-state index in [0.29, 0.717) is 5.95 Å². The molecule has 5 heteroatoms. The molecule has 0 saturated carbocycles. The summed E-state index contributed by atoms with van der Waals surface area (Å²) in [4.78, 5) is 11.1. The van der Waals surface area contributed by atoms with Gasteiger partial charge in [-0.3, -0.25) is 0 Å². The van der Waals surface area contributed by atoms with E-state index in [1.807, 2.05) is 0 Å². The summed E-state index contributed by atoms with van der Waals surface area (Å²) in [7, 11) is 1.70. The Balaban J connectivity index is 2.29. The van der Waals surface area contributed by atoms with Gasteiger partial charge in [0.1, 0.15) is 0 Å². The summed E-state index contributed by atoms with van der Waals surface area (Å²) in [5.74, 6) is 2.79. The van der Waals surface area contributed by atoms with Crippen LogP contribution in [0.5, 0.6) is 5.75 Å². The predicted molar refractivity (Wildman–Crippen MR) is 82.2 cm³/mol. The molecule has 2 heterocycles. The van der Waals surface area contributed by atoms with Crippen LogP contribution in [0.1, 0.15) is 45.2 Å². The Morgan fingerprint density at radius 2 is 2.15 bits per heavy atom. The van der Waals surface area contributed by atoms with Crippen molar-refractivity contribution in [3.63, 3.8) is 0 Å². The van der Waals surface area contributed by atoms with Gasteiger partial charge in [0.15, 0.2) is 11.6 Å². The summed E-state index contributed by atoms with van der Waals surface area (Å²) in [6.45, 7) is 6.48. The lowest BCUT2D eigenvalue weighted by atomic mass is 10.1. The van der Waals surface area contributed by atoms with Crippen LogP contribution in [0.3, 0.4) is 0 Å². The van der Waals surface area contributed by atoms with Crippen molar-refractivity contribution in [2.24, 2.45) is 5.92 Å². The molecule has 0 bridgehead atoms. The zero-order chi connectivity index (χ0) is 14.5. The van der Waals surface area contributed by atoms with Crippen molar-refractivity contribution in [3.8, 4) is 5.75 Å². The lowest BCUT2D eigenvalue weighted by Crippen LogP contribution is -2.23. The molecule has 5 nitrogen and oxygen atoms in total. The van der Waals surface area contributed by atoms with E-state index in [1.54, 1.807) is 7.11 Å². The molecule has 2 rings (SSSR count). The number of nitrogen functional groups attached to an aromatic ring is 1. The van der Waals surface area contributed by atoms with Crippen molar-refractivity contribution in [1.82, 2.24) is 9.97 Å². The van der Waals surface area contributed by atoms with Gasteiger partial charge in [-0.05, 0) is 25.2 Å². The fourth-order valence-electron chi connectivity index (χ4n) is 2.80. The number of nitrogens with two attached hydrogens (primary N) is 1. The van der Waals surface area contributed by atoms with Crippen LogP contribution in [-0.4, -0.2) is 30.2 Å². The third kappa shape index (κ3) is 3.14. The number of aryl methyl sites for hydroxylation is 1. The van der Waals surface area contributed by atoms with Crippen molar-refractivity contribution in [3.05, 3.63) is 5.69 Å². The van der Waals surface area contributed by atoms with Crippen LogP contribution in [0.25, 0.3) is 0 Å². The third-order valence-corrected chi connectivity index (χ3v) is 4.07. The van der Waals surface area contributed by atoms with Crippen molar-refractivity contribution < 1.29 is 4.74 Å². The molecule has 0 aromatic carbocycles. The van der Waals surface area contributed by atoms with Crippen molar-refractivity contribution in [1.29, 1.82) is 0 Å². The van der Waals surface area contributed by atoms with Crippen LogP contribution >= 0.6 is 0 Å². The van der Waals surface area contributed by atoms with Gasteiger partial charge in [0.25, 0.3) is 0 Å². The first-order valence-electron chi connectivity index (χ1n) is 7.64. The Labute approximate surface area is 121 Å². The van der Waals surface area contributed by atoms with E-state index in [0.717, 1.165) is 55.5 Å². The number of nitrogens with zero attached hydrogens (tertiary/aromatic N) is 3. The second-order valence-electron chi connectivity index (χ2n) is 5.50. The molecule has 0 spiro atoms. The lowest BCUT2D eigenvalue weighted by Gasteiger charge is -2.21. The van der Waals surface area contributed by atoms with Crippen LogP contribution < -0.4 is 15.4 Å². The first-order valence-corrected chi connectivity index (χ1v) is 7.64. The second-order valence-corrected chi connectivity index (χ2v) is 5.50. The molecule has 1 aromatic rings. The van der Waals surface area contributed by atoms with Crippen LogP contribution in [0.2, 0.25) is 0 Å². The number of anilines is 2. The van der Waals surface area contributed by atoms with Gasteiger partial charge in [0, 0.05) is 13.1 Å². The van der Waals surface area contributed by atoms with E-state index in [1.165, 1.54) is 12.8 Å². The fraction of sp³-hybridized carbons (Fsp3) is 0.733. The standard InChI is InChI=1S/C15H26N4O/c1-4-6-7-12-13(20-3)14(18-15(16)17-12)19-9-8-11(5-2)10-19/h11H,4-10H2,1-3H3,(H2,16,17,18)/t11-/m1/s1. The Hall–Kier alpha value is -1.52. The smallest absolute Gasteiger partial charge is 0.222 e. The third-order valence-electron chi connectivity index (χ3n) is 4.07. The molecule has 20 heavy (non-hydrogen) atoms. The van der Waals surface area contributed by atoms with E-state index in [-0.39, 0.29) is 0 Å². The summed E-state index contributed by atoms with van der Waals surface area (Å²) in [5.41, 5.74) is 6.83. The maximum atomic E-state index is 5.89. The van der Waals surface area contributed by atoms with Gasteiger partial charge in [-0.2, -0.15) is 4.98 Å². The Morgan fingerprint density at radius 3 is 2.75 bits per heavy atom. The minimum absolute atomic E-state index is 0.354. The first kappa shape index (κ1) is 14.9. The van der Waals surface area contributed by atoms with Gasteiger partial charge in [0.2, 0.25) is 5.95 Å². The number of hydrogen-bond acceptors (Lipinski definition) is 5. The quantitative estimate of drug-likeness (QED) is 0.866. The summed E-state index contributed by atoms with van der Waals surface area (Å²) in [5, 5.41) is 0. The second kappa shape index (κ2) is 6.77. The van der Waals surface area contributed by atoms with E-state index >= 15 is 0 Å². The maximum Gasteiger partial charge on any atom is 0.222 e. The van der Waals surface area contributed by atoms with Crippen LogP contribution in [-0.2, 0) is 6.42 Å². The molecule has 0 radical (unpaired) electrons. The molecule has 0 aliphatic carbocycles. The first-order chi connectivity index (χ1) is 9.69. The lowest BCUT2D eigenvalue weighted by molar-refractivity contribution is 0.404. The summed E-state index contributed by atoms with van der Waals surface area (Å²) in [6.07, 6.45) is 5.54. The number of methoxy groups -OCH3 is 1. The molecule has 1 aliphatic heterocycles. The van der Waals surface area contributed by atoms with Crippen LogP contribution in [0.15, 0.2) is 0 Å². The van der Waals surface area contributed by atoms with Crippen molar-refractivity contribution in [2.75, 3.05) is 30.8 Å². The van der Waals surface area contributed by atoms with Gasteiger partial charge in [0.05, 0.1) is 12.8 Å². The largest absolute Gasteiger partial charge is 0.491 e. The molecule has 1 atom stereocenters. The molecule has 1 saturated heterocycles. The summed E-state index contributed by atoms with van der Waals surface area (Å²) < 4.78 is 5.59. The monoisotopic (exact) mass is 278 g/mol. The van der Waals surface area contributed by atoms with Gasteiger partial charge in [-0.1, -0.05) is 26.7 Å². The minimum atomic E-state index is 0.354. The summed E-state index contributed by atoms with van der Waals surface area (Å²) in [6, 6.07) is 0. The van der Waals surface area contributed by atoms with Gasteiger partial charge in [-0.25, -0.2) is 4.98 Å².